The molecule has 2 heterocycles. The first-order chi connectivity index (χ1) is 9.58. The zero-order chi connectivity index (χ0) is 14.3. The van der Waals surface area contributed by atoms with Crippen molar-refractivity contribution in [2.45, 2.75) is 0 Å². The summed E-state index contributed by atoms with van der Waals surface area (Å²) >= 11 is 0. The number of benzene rings is 1. The van der Waals surface area contributed by atoms with Gasteiger partial charge in [0.25, 0.3) is 5.56 Å². The van der Waals surface area contributed by atoms with Crippen molar-refractivity contribution in [2.24, 2.45) is 7.05 Å². The SMILES string of the molecule is Cn1c(=O)c(-c2cccc(F)c2)nc2c(N)ccnc21. The second kappa shape index (κ2) is 4.41. The standard InChI is InChI=1S/C14H11FN4O/c1-19-13-12(10(16)5-6-17-13)18-11(14(19)20)8-3-2-4-9(15)7-8/h2-7H,1H3,(H2,16,17). The van der Waals surface area contributed by atoms with Crippen LogP contribution in [0.15, 0.2) is 41.3 Å². The van der Waals surface area contributed by atoms with E-state index in [2.05, 4.69) is 9.97 Å². The maximum Gasteiger partial charge on any atom is 0.278 e. The fraction of sp³-hybridized carbons (Fsp3) is 0.0714. The van der Waals surface area contributed by atoms with Gasteiger partial charge in [-0.3, -0.25) is 9.36 Å². The molecule has 0 aliphatic rings. The van der Waals surface area contributed by atoms with Crippen molar-refractivity contribution in [3.8, 4) is 11.3 Å². The number of nitrogen functional groups attached to an aromatic ring is 1. The molecular weight excluding hydrogens is 259 g/mol. The summed E-state index contributed by atoms with van der Waals surface area (Å²) in [6, 6.07) is 7.34. The average molecular weight is 270 g/mol. The fourth-order valence-corrected chi connectivity index (χ4v) is 2.06. The molecule has 3 rings (SSSR count). The summed E-state index contributed by atoms with van der Waals surface area (Å²) in [5.41, 5.74) is 7.32. The molecule has 0 bridgehead atoms. The first kappa shape index (κ1) is 12.3. The maximum absolute atomic E-state index is 13.3. The first-order valence-electron chi connectivity index (χ1n) is 5.95. The Morgan fingerprint density at radius 3 is 2.85 bits per heavy atom. The van der Waals surface area contributed by atoms with Crippen molar-refractivity contribution in [3.05, 3.63) is 52.7 Å². The highest BCUT2D eigenvalue weighted by Crippen LogP contribution is 2.20. The van der Waals surface area contributed by atoms with Crippen molar-refractivity contribution in [3.63, 3.8) is 0 Å². The normalized spacial score (nSPS) is 10.9. The van der Waals surface area contributed by atoms with Crippen LogP contribution in [0.5, 0.6) is 0 Å². The highest BCUT2D eigenvalue weighted by molar-refractivity contribution is 5.85. The third kappa shape index (κ3) is 1.82. The van der Waals surface area contributed by atoms with Crippen LogP contribution in [0.25, 0.3) is 22.4 Å². The summed E-state index contributed by atoms with van der Waals surface area (Å²) in [7, 11) is 1.58. The molecule has 2 N–H and O–H groups in total. The van der Waals surface area contributed by atoms with Crippen LogP contribution in [-0.2, 0) is 7.05 Å². The van der Waals surface area contributed by atoms with Crippen molar-refractivity contribution in [1.29, 1.82) is 0 Å². The molecule has 2 aromatic heterocycles. The number of anilines is 1. The van der Waals surface area contributed by atoms with E-state index in [4.69, 9.17) is 5.73 Å². The number of hydrogen-bond acceptors (Lipinski definition) is 4. The van der Waals surface area contributed by atoms with Gasteiger partial charge < -0.3 is 5.73 Å². The average Bonchev–Trinajstić information content (AvgIpc) is 2.43. The molecule has 5 nitrogen and oxygen atoms in total. The number of nitrogens with two attached hydrogens (primary N) is 1. The van der Waals surface area contributed by atoms with Gasteiger partial charge in [-0.25, -0.2) is 14.4 Å². The molecule has 0 unspecified atom stereocenters. The molecular formula is C14H11FN4O. The molecule has 20 heavy (non-hydrogen) atoms. The molecule has 1 aromatic carbocycles. The molecule has 0 saturated carbocycles. The van der Waals surface area contributed by atoms with E-state index in [0.717, 1.165) is 0 Å². The molecule has 0 fully saturated rings. The molecule has 0 aliphatic carbocycles. The summed E-state index contributed by atoms with van der Waals surface area (Å²) in [5.74, 6) is -0.425. The predicted molar refractivity (Wildman–Crippen MR) is 74.6 cm³/mol. The topological polar surface area (TPSA) is 73.8 Å². The highest BCUT2D eigenvalue weighted by Gasteiger charge is 2.13. The Balaban J connectivity index is 2.40. The van der Waals surface area contributed by atoms with Crippen LogP contribution < -0.4 is 11.3 Å². The van der Waals surface area contributed by atoms with Gasteiger partial charge in [-0.15, -0.1) is 0 Å². The lowest BCUT2D eigenvalue weighted by molar-refractivity contribution is 0.628. The lowest BCUT2D eigenvalue weighted by atomic mass is 10.1. The van der Waals surface area contributed by atoms with E-state index in [1.54, 1.807) is 19.2 Å². The Labute approximate surface area is 113 Å². The second-order valence-electron chi connectivity index (χ2n) is 4.41. The van der Waals surface area contributed by atoms with Crippen LogP contribution in [0.3, 0.4) is 0 Å². The molecule has 0 amide bonds. The van der Waals surface area contributed by atoms with Crippen LogP contribution in [0, 0.1) is 5.82 Å². The lowest BCUT2D eigenvalue weighted by Gasteiger charge is -2.08. The predicted octanol–water partition coefficient (Wildman–Crippen LogP) is 1.72. The minimum Gasteiger partial charge on any atom is -0.397 e. The summed E-state index contributed by atoms with van der Waals surface area (Å²) in [5, 5.41) is 0. The summed E-state index contributed by atoms with van der Waals surface area (Å²) in [4.78, 5) is 20.7. The number of pyridine rings is 1. The Morgan fingerprint density at radius 1 is 1.30 bits per heavy atom. The number of nitrogens with zero attached hydrogens (tertiary/aromatic N) is 3. The molecule has 0 saturated heterocycles. The zero-order valence-corrected chi connectivity index (χ0v) is 10.7. The minimum absolute atomic E-state index is 0.152. The van der Waals surface area contributed by atoms with Crippen LogP contribution in [-0.4, -0.2) is 14.5 Å². The Bertz CT molecular complexity index is 873. The van der Waals surface area contributed by atoms with Crippen LogP contribution in [0.1, 0.15) is 0 Å². The van der Waals surface area contributed by atoms with Gasteiger partial charge in [0.05, 0.1) is 5.69 Å². The number of hydrogen-bond donors (Lipinski definition) is 1. The second-order valence-corrected chi connectivity index (χ2v) is 4.41. The van der Waals surface area contributed by atoms with Gasteiger partial charge in [0.15, 0.2) is 5.65 Å². The molecule has 6 heteroatoms. The number of rotatable bonds is 1. The summed E-state index contributed by atoms with van der Waals surface area (Å²) in [6.07, 6.45) is 1.51. The van der Waals surface area contributed by atoms with Crippen LogP contribution in [0.2, 0.25) is 0 Å². The van der Waals surface area contributed by atoms with Crippen molar-refractivity contribution in [2.75, 3.05) is 5.73 Å². The van der Waals surface area contributed by atoms with Gasteiger partial charge in [-0.2, -0.15) is 0 Å². The van der Waals surface area contributed by atoms with Gasteiger partial charge in [0.1, 0.15) is 17.0 Å². The highest BCUT2D eigenvalue weighted by atomic mass is 19.1. The minimum atomic E-state index is -0.425. The van der Waals surface area contributed by atoms with Gasteiger partial charge in [-0.05, 0) is 18.2 Å². The van der Waals surface area contributed by atoms with E-state index in [-0.39, 0.29) is 11.3 Å². The van der Waals surface area contributed by atoms with E-state index in [9.17, 15) is 9.18 Å². The fourth-order valence-electron chi connectivity index (χ4n) is 2.06. The third-order valence-corrected chi connectivity index (χ3v) is 3.08. The molecule has 3 aromatic rings. The van der Waals surface area contributed by atoms with Gasteiger partial charge >= 0.3 is 0 Å². The molecule has 0 spiro atoms. The number of aryl methyl sites for hydroxylation is 1. The molecule has 0 aliphatic heterocycles. The largest absolute Gasteiger partial charge is 0.397 e. The smallest absolute Gasteiger partial charge is 0.278 e. The summed E-state index contributed by atoms with van der Waals surface area (Å²) < 4.78 is 14.7. The first-order valence-corrected chi connectivity index (χ1v) is 5.95. The molecule has 0 radical (unpaired) electrons. The van der Waals surface area contributed by atoms with E-state index in [1.165, 1.54) is 29.0 Å². The quantitative estimate of drug-likeness (QED) is 0.730. The van der Waals surface area contributed by atoms with Gasteiger partial charge in [0, 0.05) is 18.8 Å². The van der Waals surface area contributed by atoms with E-state index >= 15 is 0 Å². The van der Waals surface area contributed by atoms with Crippen molar-refractivity contribution < 1.29 is 4.39 Å². The summed E-state index contributed by atoms with van der Waals surface area (Å²) in [6.45, 7) is 0. The van der Waals surface area contributed by atoms with Gasteiger partial charge in [0.2, 0.25) is 0 Å². The Kier molecular flexibility index (Phi) is 2.71. The number of fused-ring (bicyclic) bond motifs is 1. The van der Waals surface area contributed by atoms with E-state index in [1.807, 2.05) is 0 Å². The number of aromatic nitrogens is 3. The van der Waals surface area contributed by atoms with E-state index < -0.39 is 5.82 Å². The maximum atomic E-state index is 13.3. The van der Waals surface area contributed by atoms with Crippen LogP contribution >= 0.6 is 0 Å². The number of halogens is 1. The molecule has 0 atom stereocenters. The zero-order valence-electron chi connectivity index (χ0n) is 10.7. The Morgan fingerprint density at radius 2 is 2.10 bits per heavy atom. The van der Waals surface area contributed by atoms with Crippen LogP contribution in [0.4, 0.5) is 10.1 Å². The van der Waals surface area contributed by atoms with Gasteiger partial charge in [-0.1, -0.05) is 12.1 Å². The Hall–Kier alpha value is -2.76. The lowest BCUT2D eigenvalue weighted by Crippen LogP contribution is -2.21. The third-order valence-electron chi connectivity index (χ3n) is 3.08. The van der Waals surface area contributed by atoms with Crippen molar-refractivity contribution in [1.82, 2.24) is 14.5 Å². The van der Waals surface area contributed by atoms with Crippen molar-refractivity contribution >= 4 is 16.9 Å². The monoisotopic (exact) mass is 270 g/mol. The van der Waals surface area contributed by atoms with E-state index in [0.29, 0.717) is 22.4 Å². The molecule has 100 valence electrons.